The van der Waals surface area contributed by atoms with Crippen LogP contribution in [0.1, 0.15) is 72.1 Å². The molecule has 2 aliphatic rings. The van der Waals surface area contributed by atoms with Crippen LogP contribution in [-0.4, -0.2) is 37.1 Å². The highest BCUT2D eigenvalue weighted by Crippen LogP contribution is 2.39. The fourth-order valence-electron chi connectivity index (χ4n) is 4.86. The highest BCUT2D eigenvalue weighted by Gasteiger charge is 2.41. The maximum absolute atomic E-state index is 3.64. The third-order valence-corrected chi connectivity index (χ3v) is 6.35. The monoisotopic (exact) mass is 280 g/mol. The molecule has 0 saturated heterocycles. The Morgan fingerprint density at radius 2 is 1.75 bits per heavy atom. The molecule has 2 unspecified atom stereocenters. The van der Waals surface area contributed by atoms with Crippen molar-refractivity contribution in [2.75, 3.05) is 14.1 Å². The normalized spacial score (nSPS) is 38.1. The lowest BCUT2D eigenvalue weighted by atomic mass is 9.70. The third kappa shape index (κ3) is 3.39. The molecule has 0 radical (unpaired) electrons. The predicted octanol–water partition coefficient (Wildman–Crippen LogP) is 4.05. The van der Waals surface area contributed by atoms with Gasteiger partial charge in [-0.05, 0) is 64.0 Å². The first kappa shape index (κ1) is 16.3. The van der Waals surface area contributed by atoms with Crippen LogP contribution in [0.15, 0.2) is 0 Å². The fraction of sp³-hybridized carbons (Fsp3) is 1.00. The Morgan fingerprint density at radius 1 is 1.10 bits per heavy atom. The van der Waals surface area contributed by atoms with E-state index in [2.05, 4.69) is 45.1 Å². The second-order valence-electron chi connectivity index (χ2n) is 7.96. The van der Waals surface area contributed by atoms with Gasteiger partial charge in [0.1, 0.15) is 0 Å². The number of hydrogen-bond donors (Lipinski definition) is 1. The van der Waals surface area contributed by atoms with Crippen molar-refractivity contribution in [3.63, 3.8) is 0 Å². The molecule has 2 heteroatoms. The second-order valence-corrected chi connectivity index (χ2v) is 7.96. The van der Waals surface area contributed by atoms with Crippen molar-refractivity contribution in [2.24, 2.45) is 11.3 Å². The number of nitrogens with one attached hydrogen (secondary N) is 1. The summed E-state index contributed by atoms with van der Waals surface area (Å²) in [5.74, 6) is 1.00. The van der Waals surface area contributed by atoms with Gasteiger partial charge in [-0.1, -0.05) is 33.6 Å². The first-order valence-corrected chi connectivity index (χ1v) is 8.88. The molecule has 0 spiro atoms. The van der Waals surface area contributed by atoms with E-state index in [-0.39, 0.29) is 0 Å². The molecule has 20 heavy (non-hydrogen) atoms. The third-order valence-electron chi connectivity index (χ3n) is 6.35. The van der Waals surface area contributed by atoms with Gasteiger partial charge in [0.2, 0.25) is 0 Å². The van der Waals surface area contributed by atoms with Crippen molar-refractivity contribution in [3.8, 4) is 0 Å². The molecule has 2 rings (SSSR count). The van der Waals surface area contributed by atoms with Crippen molar-refractivity contribution in [1.29, 1.82) is 0 Å². The Bertz CT molecular complexity index is 292. The van der Waals surface area contributed by atoms with Gasteiger partial charge in [0, 0.05) is 18.1 Å². The minimum Gasteiger partial charge on any atom is -0.315 e. The molecule has 2 saturated carbocycles. The van der Waals surface area contributed by atoms with Gasteiger partial charge in [0.25, 0.3) is 0 Å². The molecule has 118 valence electrons. The van der Waals surface area contributed by atoms with Crippen LogP contribution in [-0.2, 0) is 0 Å². The Labute approximate surface area is 126 Å². The SMILES string of the molecule is CCC1CCC(N(C)C2CCCC(C)(C)C2NC)CC1. The maximum atomic E-state index is 3.64. The van der Waals surface area contributed by atoms with Gasteiger partial charge in [-0.3, -0.25) is 4.90 Å². The Balaban J connectivity index is 1.99. The van der Waals surface area contributed by atoms with E-state index < -0.39 is 0 Å². The van der Waals surface area contributed by atoms with E-state index in [0.29, 0.717) is 11.5 Å². The van der Waals surface area contributed by atoms with E-state index in [0.717, 1.165) is 18.0 Å². The molecular formula is C18H36N2. The average Bonchev–Trinajstić information content (AvgIpc) is 2.45. The van der Waals surface area contributed by atoms with Gasteiger partial charge in [0.05, 0.1) is 0 Å². The molecule has 2 aliphatic carbocycles. The predicted molar refractivity (Wildman–Crippen MR) is 88.1 cm³/mol. The topological polar surface area (TPSA) is 15.3 Å². The van der Waals surface area contributed by atoms with Crippen LogP contribution in [0.3, 0.4) is 0 Å². The van der Waals surface area contributed by atoms with E-state index in [4.69, 9.17) is 0 Å². The lowest BCUT2D eigenvalue weighted by molar-refractivity contribution is 0.0282. The highest BCUT2D eigenvalue weighted by molar-refractivity contribution is 4.98. The van der Waals surface area contributed by atoms with Crippen LogP contribution >= 0.6 is 0 Å². The Hall–Kier alpha value is -0.0800. The molecule has 1 N–H and O–H groups in total. The summed E-state index contributed by atoms with van der Waals surface area (Å²) < 4.78 is 0. The van der Waals surface area contributed by atoms with Crippen LogP contribution < -0.4 is 5.32 Å². The molecule has 2 atom stereocenters. The van der Waals surface area contributed by atoms with Gasteiger partial charge < -0.3 is 5.32 Å². The quantitative estimate of drug-likeness (QED) is 0.835. The van der Waals surface area contributed by atoms with E-state index in [1.54, 1.807) is 0 Å². The van der Waals surface area contributed by atoms with Crippen LogP contribution in [0.5, 0.6) is 0 Å². The molecular weight excluding hydrogens is 244 g/mol. The lowest BCUT2D eigenvalue weighted by Crippen LogP contribution is -2.59. The van der Waals surface area contributed by atoms with Crippen molar-refractivity contribution in [1.82, 2.24) is 10.2 Å². The minimum atomic E-state index is 0.437. The standard InChI is InChI=1S/C18H36N2/c1-6-14-9-11-15(12-10-14)20(5)16-8-7-13-18(2,3)17(16)19-4/h14-17,19H,6-13H2,1-5H3. The first-order chi connectivity index (χ1) is 9.49. The largest absolute Gasteiger partial charge is 0.315 e. The zero-order valence-corrected chi connectivity index (χ0v) is 14.4. The van der Waals surface area contributed by atoms with Crippen molar-refractivity contribution >= 4 is 0 Å². The van der Waals surface area contributed by atoms with E-state index in [1.165, 1.54) is 51.4 Å². The van der Waals surface area contributed by atoms with Gasteiger partial charge in [0.15, 0.2) is 0 Å². The van der Waals surface area contributed by atoms with Gasteiger partial charge >= 0.3 is 0 Å². The zero-order chi connectivity index (χ0) is 14.8. The van der Waals surface area contributed by atoms with Crippen LogP contribution in [0, 0.1) is 11.3 Å². The summed E-state index contributed by atoms with van der Waals surface area (Å²) in [5.41, 5.74) is 0.437. The Morgan fingerprint density at radius 3 is 2.30 bits per heavy atom. The summed E-state index contributed by atoms with van der Waals surface area (Å²) in [6.45, 7) is 7.25. The summed E-state index contributed by atoms with van der Waals surface area (Å²) in [4.78, 5) is 2.74. The van der Waals surface area contributed by atoms with Gasteiger partial charge in [-0.25, -0.2) is 0 Å². The lowest BCUT2D eigenvalue weighted by Gasteiger charge is -2.50. The number of rotatable bonds is 4. The Kier molecular flexibility index (Phi) is 5.53. The maximum Gasteiger partial charge on any atom is 0.0271 e. The van der Waals surface area contributed by atoms with Crippen LogP contribution in [0.2, 0.25) is 0 Å². The average molecular weight is 281 g/mol. The minimum absolute atomic E-state index is 0.437. The summed E-state index contributed by atoms with van der Waals surface area (Å²) >= 11 is 0. The van der Waals surface area contributed by atoms with E-state index in [9.17, 15) is 0 Å². The first-order valence-electron chi connectivity index (χ1n) is 8.88. The van der Waals surface area contributed by atoms with Crippen molar-refractivity contribution < 1.29 is 0 Å². The molecule has 0 amide bonds. The van der Waals surface area contributed by atoms with Gasteiger partial charge in [-0.2, -0.15) is 0 Å². The number of likely N-dealkylation sites (N-methyl/N-ethyl adjacent to an activating group) is 2. The molecule has 0 bridgehead atoms. The molecule has 0 heterocycles. The van der Waals surface area contributed by atoms with E-state index in [1.807, 2.05) is 0 Å². The summed E-state index contributed by atoms with van der Waals surface area (Å²) in [6, 6.07) is 2.20. The van der Waals surface area contributed by atoms with Crippen LogP contribution in [0.4, 0.5) is 0 Å². The molecule has 2 fully saturated rings. The van der Waals surface area contributed by atoms with Gasteiger partial charge in [-0.15, -0.1) is 0 Å². The fourth-order valence-corrected chi connectivity index (χ4v) is 4.86. The summed E-state index contributed by atoms with van der Waals surface area (Å²) in [5, 5.41) is 3.64. The molecule has 0 aromatic rings. The van der Waals surface area contributed by atoms with Crippen molar-refractivity contribution in [2.45, 2.75) is 90.3 Å². The molecule has 2 nitrogen and oxygen atoms in total. The number of hydrogen-bond acceptors (Lipinski definition) is 2. The van der Waals surface area contributed by atoms with Crippen LogP contribution in [0.25, 0.3) is 0 Å². The summed E-state index contributed by atoms with van der Waals surface area (Å²) in [7, 11) is 4.56. The van der Waals surface area contributed by atoms with E-state index >= 15 is 0 Å². The van der Waals surface area contributed by atoms with Crippen molar-refractivity contribution in [3.05, 3.63) is 0 Å². The summed E-state index contributed by atoms with van der Waals surface area (Å²) in [6.07, 6.45) is 11.3. The molecule has 0 aromatic heterocycles. The highest BCUT2D eigenvalue weighted by atomic mass is 15.2. The zero-order valence-electron chi connectivity index (χ0n) is 14.4. The molecule has 0 aromatic carbocycles. The molecule has 0 aliphatic heterocycles. The smallest absolute Gasteiger partial charge is 0.0271 e. The number of nitrogens with zero attached hydrogens (tertiary/aromatic N) is 1. The second kappa shape index (κ2) is 6.79.